The van der Waals surface area contributed by atoms with Gasteiger partial charge in [-0.2, -0.15) is 0 Å². The Kier molecular flexibility index (Phi) is 17.9. The van der Waals surface area contributed by atoms with E-state index in [2.05, 4.69) is 28.1 Å². The van der Waals surface area contributed by atoms with E-state index in [1.807, 2.05) is 0 Å². The molecule has 0 radical (unpaired) electrons. The molecule has 2 aromatic rings. The summed E-state index contributed by atoms with van der Waals surface area (Å²) in [6.07, 6.45) is -2.30. The first-order chi connectivity index (χ1) is 13.8. The number of imidazole rings is 1. The predicted octanol–water partition coefficient (Wildman–Crippen LogP) is -15.7. The number of aliphatic hydroxyl groups is 2. The summed E-state index contributed by atoms with van der Waals surface area (Å²) in [5.41, 5.74) is 0.560. The Hall–Kier alpha value is 2.84. The summed E-state index contributed by atoms with van der Waals surface area (Å²) in [6.45, 7) is -1.05. The smallest absolute Gasteiger partial charge is 0.790 e. The van der Waals surface area contributed by atoms with Gasteiger partial charge in [0.25, 0.3) is 15.6 Å². The van der Waals surface area contributed by atoms with Gasteiger partial charge in [-0.3, -0.25) is 18.0 Å². The van der Waals surface area contributed by atoms with Crippen molar-refractivity contribution in [1.29, 1.82) is 0 Å². The van der Waals surface area contributed by atoms with Crippen molar-refractivity contribution < 1.29 is 180 Å². The van der Waals surface area contributed by atoms with Crippen LogP contribution in [0, 0.1) is 0 Å². The van der Waals surface area contributed by atoms with E-state index in [4.69, 9.17) is 4.74 Å². The number of ether oxygens (including phenoxy) is 1. The van der Waals surface area contributed by atoms with E-state index in [-0.39, 0.29) is 124 Å². The second-order valence-electron chi connectivity index (χ2n) is 5.73. The quantitative estimate of drug-likeness (QED) is 0.217. The molecule has 3 unspecified atom stereocenters. The van der Waals surface area contributed by atoms with Crippen LogP contribution >= 0.6 is 23.5 Å². The van der Waals surface area contributed by atoms with Crippen LogP contribution in [0.3, 0.4) is 0 Å². The van der Waals surface area contributed by atoms with Gasteiger partial charge in [0.1, 0.15) is 30.2 Å². The predicted molar refractivity (Wildman–Crippen MR) is 82.2 cm³/mol. The SMILES string of the molecule is O=P([O-])([O-])OP(=O)([O-])OP(=O)([O-])OC[C@H]1O[C@@H](n2cnc3cncnc32)C(O)[C@H]1O.[Na+].[Na+].[Na+].[Na+]. The zero-order valence-electron chi connectivity index (χ0n) is 18.3. The van der Waals surface area contributed by atoms with Crippen LogP contribution in [0.2, 0.25) is 0 Å². The molecule has 2 aromatic heterocycles. The number of aliphatic hydroxyl groups excluding tert-OH is 2. The van der Waals surface area contributed by atoms with Crippen molar-refractivity contribution in [2.45, 2.75) is 24.5 Å². The van der Waals surface area contributed by atoms with Gasteiger partial charge in [-0.25, -0.2) is 19.3 Å². The van der Waals surface area contributed by atoms with Crippen LogP contribution < -0.4 is 138 Å². The Morgan fingerprint density at radius 1 is 0.971 bits per heavy atom. The molecule has 1 fully saturated rings. The maximum atomic E-state index is 11.6. The third-order valence-corrected chi connectivity index (χ3v) is 7.31. The molecule has 3 rings (SSSR count). The van der Waals surface area contributed by atoms with Crippen LogP contribution in [0.25, 0.3) is 11.2 Å². The van der Waals surface area contributed by atoms with Crippen LogP contribution in [0.1, 0.15) is 6.23 Å². The van der Waals surface area contributed by atoms with Crippen LogP contribution in [0.5, 0.6) is 0 Å². The monoisotopic (exact) mass is 580 g/mol. The molecule has 3 heterocycles. The number of phosphoric ester groups is 1. The molecule has 1 aliphatic heterocycles. The minimum Gasteiger partial charge on any atom is -0.790 e. The molecule has 0 bridgehead atoms. The Morgan fingerprint density at radius 2 is 1.59 bits per heavy atom. The molecule has 2 N–H and O–H groups in total. The number of fused-ring (bicyclic) bond motifs is 1. The number of phosphoric acid groups is 3. The van der Waals surface area contributed by atoms with Gasteiger partial charge in [-0.1, -0.05) is 0 Å². The first-order valence-corrected chi connectivity index (χ1v) is 12.0. The van der Waals surface area contributed by atoms with E-state index < -0.39 is 54.6 Å². The summed E-state index contributed by atoms with van der Waals surface area (Å²) >= 11 is 0. The molecule has 1 saturated heterocycles. The maximum absolute atomic E-state index is 11.6. The van der Waals surface area contributed by atoms with Crippen molar-refractivity contribution in [2.75, 3.05) is 6.61 Å². The molecule has 168 valence electrons. The van der Waals surface area contributed by atoms with Gasteiger partial charge in [0.2, 0.25) is 0 Å². The molecule has 0 amide bonds. The molecule has 0 spiro atoms. The fraction of sp³-hybridized carbons (Fsp3) is 0.500. The van der Waals surface area contributed by atoms with E-state index in [0.717, 1.165) is 0 Å². The summed E-state index contributed by atoms with van der Waals surface area (Å²) in [5.74, 6) is 0. The van der Waals surface area contributed by atoms with Crippen molar-refractivity contribution in [1.82, 2.24) is 19.5 Å². The molecule has 1 aliphatic rings. The summed E-state index contributed by atoms with van der Waals surface area (Å²) in [6, 6.07) is 0. The Labute approximate surface area is 280 Å². The van der Waals surface area contributed by atoms with Gasteiger partial charge in [0, 0.05) is 0 Å². The van der Waals surface area contributed by atoms with Crippen molar-refractivity contribution in [3.8, 4) is 0 Å². The summed E-state index contributed by atoms with van der Waals surface area (Å²) in [4.78, 5) is 54.9. The fourth-order valence-corrected chi connectivity index (χ4v) is 5.38. The van der Waals surface area contributed by atoms with Gasteiger partial charge < -0.3 is 43.6 Å². The second-order valence-corrected chi connectivity index (χ2v) is 9.98. The number of nitrogens with zero attached hydrogens (tertiary/aromatic N) is 4. The normalized spacial score (nSPS) is 25.6. The Bertz CT molecular complexity index is 1070. The molecule has 6 atom stereocenters. The molecule has 24 heteroatoms. The summed E-state index contributed by atoms with van der Waals surface area (Å²) in [7, 11) is -18.0. The van der Waals surface area contributed by atoms with Crippen molar-refractivity contribution in [3.05, 3.63) is 18.9 Å². The Morgan fingerprint density at radius 3 is 2.18 bits per heavy atom. The van der Waals surface area contributed by atoms with E-state index in [9.17, 15) is 43.5 Å². The van der Waals surface area contributed by atoms with Gasteiger partial charge in [-0.15, -0.1) is 0 Å². The molecule has 17 nitrogen and oxygen atoms in total. The van der Waals surface area contributed by atoms with E-state index in [1.165, 1.54) is 23.4 Å². The third-order valence-electron chi connectivity index (χ3n) is 3.65. The second kappa shape index (κ2) is 15.6. The van der Waals surface area contributed by atoms with Crippen LogP contribution in [0.4, 0.5) is 0 Å². The van der Waals surface area contributed by atoms with Crippen molar-refractivity contribution >= 4 is 34.6 Å². The van der Waals surface area contributed by atoms with E-state index in [0.29, 0.717) is 5.52 Å². The van der Waals surface area contributed by atoms with Gasteiger partial charge in [-0.05, 0) is 0 Å². The molecule has 0 saturated carbocycles. The number of hydrogen-bond acceptors (Lipinski definition) is 16. The standard InChI is InChI=1S/C10H15N4O13P3.4Na/c15-7-6(2-24-29(20,21)27-30(22,23)26-28(17,18)19)25-10(8(7)16)14-4-13-5-1-11-3-12-9(5)14;;;;/h1,3-4,6-8,10,15-16H,2H2,(H,20,21)(H,22,23)(H2,17,18,19);;;;/q;4*+1/p-4/t6-,7+,8?,10-;;;;/m1..../s1. The van der Waals surface area contributed by atoms with E-state index >= 15 is 0 Å². The minimum atomic E-state index is -6.12. The molecular formula is C10H11N4Na4O13P3. The zero-order chi connectivity index (χ0) is 22.3. The molecule has 0 aromatic carbocycles. The molecular weight excluding hydrogens is 569 g/mol. The van der Waals surface area contributed by atoms with E-state index in [1.54, 1.807) is 0 Å². The first kappa shape index (κ1) is 39.0. The fourth-order valence-electron chi connectivity index (χ4n) is 2.52. The van der Waals surface area contributed by atoms with Gasteiger partial charge >= 0.3 is 118 Å². The first-order valence-electron chi connectivity index (χ1n) is 7.63. The topological polar surface area (TPSA) is 264 Å². The summed E-state index contributed by atoms with van der Waals surface area (Å²) < 4.78 is 50.2. The van der Waals surface area contributed by atoms with Gasteiger partial charge in [0.15, 0.2) is 11.9 Å². The van der Waals surface area contributed by atoms with Crippen molar-refractivity contribution in [3.63, 3.8) is 0 Å². The van der Waals surface area contributed by atoms with Crippen LogP contribution in [-0.2, 0) is 31.6 Å². The van der Waals surface area contributed by atoms with Crippen molar-refractivity contribution in [2.24, 2.45) is 0 Å². The number of hydrogen-bond donors (Lipinski definition) is 2. The van der Waals surface area contributed by atoms with Gasteiger partial charge in [0.05, 0.1) is 27.0 Å². The number of aromatic nitrogens is 4. The molecule has 34 heavy (non-hydrogen) atoms. The Balaban J connectivity index is 0. The van der Waals surface area contributed by atoms with Crippen LogP contribution in [-0.4, -0.2) is 54.7 Å². The average molecular weight is 580 g/mol. The zero-order valence-corrected chi connectivity index (χ0v) is 28.9. The average Bonchev–Trinajstić information content (AvgIpc) is 3.12. The summed E-state index contributed by atoms with van der Waals surface area (Å²) in [5, 5.41) is 20.3. The number of rotatable bonds is 8. The minimum absolute atomic E-state index is 0. The third kappa shape index (κ3) is 10.8. The molecule has 0 aliphatic carbocycles. The van der Waals surface area contributed by atoms with Crippen LogP contribution in [0.15, 0.2) is 18.9 Å². The largest absolute Gasteiger partial charge is 1.00 e. The maximum Gasteiger partial charge on any atom is 1.00 e.